The summed E-state index contributed by atoms with van der Waals surface area (Å²) in [6.45, 7) is 6.30. The van der Waals surface area contributed by atoms with Gasteiger partial charge in [-0.15, -0.1) is 0 Å². The van der Waals surface area contributed by atoms with Gasteiger partial charge in [-0.2, -0.15) is 0 Å². The SMILES string of the molecule is CCC(C)CC(=O)Nc1cccc(C(C)NC)c1. The summed E-state index contributed by atoms with van der Waals surface area (Å²) in [5.74, 6) is 0.531. The summed E-state index contributed by atoms with van der Waals surface area (Å²) in [5.41, 5.74) is 2.06. The third-order valence-electron chi connectivity index (χ3n) is 3.33. The molecule has 0 aliphatic carbocycles. The first kappa shape index (κ1) is 14.7. The normalized spacial score (nSPS) is 14.0. The third kappa shape index (κ3) is 4.49. The fourth-order valence-electron chi connectivity index (χ4n) is 1.73. The molecule has 3 nitrogen and oxygen atoms in total. The van der Waals surface area contributed by atoms with Crippen molar-refractivity contribution in [1.82, 2.24) is 5.32 Å². The van der Waals surface area contributed by atoms with Crippen molar-refractivity contribution in [2.24, 2.45) is 5.92 Å². The molecule has 2 unspecified atom stereocenters. The fourth-order valence-corrected chi connectivity index (χ4v) is 1.73. The minimum absolute atomic E-state index is 0.0959. The molecule has 0 bridgehead atoms. The highest BCUT2D eigenvalue weighted by molar-refractivity contribution is 5.90. The van der Waals surface area contributed by atoms with Crippen molar-refractivity contribution < 1.29 is 4.79 Å². The van der Waals surface area contributed by atoms with E-state index in [1.165, 1.54) is 5.56 Å². The van der Waals surface area contributed by atoms with Crippen LogP contribution in [0.15, 0.2) is 24.3 Å². The van der Waals surface area contributed by atoms with E-state index in [0.717, 1.165) is 12.1 Å². The number of amides is 1. The van der Waals surface area contributed by atoms with E-state index in [1.54, 1.807) is 0 Å². The van der Waals surface area contributed by atoms with E-state index < -0.39 is 0 Å². The van der Waals surface area contributed by atoms with Crippen LogP contribution in [0.25, 0.3) is 0 Å². The molecule has 0 aliphatic heterocycles. The van der Waals surface area contributed by atoms with Gasteiger partial charge in [0, 0.05) is 18.2 Å². The van der Waals surface area contributed by atoms with Gasteiger partial charge in [-0.3, -0.25) is 4.79 Å². The first-order chi connectivity index (χ1) is 8.56. The average Bonchev–Trinajstić information content (AvgIpc) is 2.37. The first-order valence-electron chi connectivity index (χ1n) is 6.63. The molecule has 0 saturated heterocycles. The van der Waals surface area contributed by atoms with Crippen LogP contribution in [0.2, 0.25) is 0 Å². The summed E-state index contributed by atoms with van der Waals surface area (Å²) >= 11 is 0. The molecule has 0 spiro atoms. The number of carbonyl (C=O) groups is 1. The van der Waals surface area contributed by atoms with E-state index in [4.69, 9.17) is 0 Å². The predicted molar refractivity (Wildman–Crippen MR) is 76.6 cm³/mol. The molecule has 1 rings (SSSR count). The second-order valence-electron chi connectivity index (χ2n) is 4.90. The molecule has 1 amide bonds. The van der Waals surface area contributed by atoms with Crippen molar-refractivity contribution in [1.29, 1.82) is 0 Å². The lowest BCUT2D eigenvalue weighted by molar-refractivity contribution is -0.117. The second kappa shape index (κ2) is 7.17. The summed E-state index contributed by atoms with van der Waals surface area (Å²) in [6.07, 6.45) is 1.62. The molecule has 18 heavy (non-hydrogen) atoms. The number of benzene rings is 1. The maximum Gasteiger partial charge on any atom is 0.224 e. The van der Waals surface area contributed by atoms with Crippen molar-refractivity contribution in [3.63, 3.8) is 0 Å². The van der Waals surface area contributed by atoms with Gasteiger partial charge < -0.3 is 10.6 Å². The zero-order valence-corrected chi connectivity index (χ0v) is 11.8. The Kier molecular flexibility index (Phi) is 5.86. The monoisotopic (exact) mass is 248 g/mol. The molecule has 100 valence electrons. The van der Waals surface area contributed by atoms with E-state index >= 15 is 0 Å². The zero-order valence-electron chi connectivity index (χ0n) is 11.8. The van der Waals surface area contributed by atoms with Gasteiger partial charge in [-0.25, -0.2) is 0 Å². The molecule has 1 aromatic rings. The Morgan fingerprint density at radius 3 is 2.67 bits per heavy atom. The van der Waals surface area contributed by atoms with Gasteiger partial charge in [0.2, 0.25) is 5.91 Å². The minimum Gasteiger partial charge on any atom is -0.326 e. The Morgan fingerprint density at radius 1 is 1.33 bits per heavy atom. The lowest BCUT2D eigenvalue weighted by Crippen LogP contribution is -2.16. The number of hydrogen-bond acceptors (Lipinski definition) is 2. The van der Waals surface area contributed by atoms with Crippen molar-refractivity contribution in [2.45, 2.75) is 39.7 Å². The summed E-state index contributed by atoms with van der Waals surface area (Å²) in [7, 11) is 1.93. The van der Waals surface area contributed by atoms with Crippen molar-refractivity contribution >= 4 is 11.6 Å². The van der Waals surface area contributed by atoms with Gasteiger partial charge in [-0.05, 0) is 37.6 Å². The van der Waals surface area contributed by atoms with Gasteiger partial charge in [0.25, 0.3) is 0 Å². The lowest BCUT2D eigenvalue weighted by atomic mass is 10.0. The van der Waals surface area contributed by atoms with Gasteiger partial charge in [0.1, 0.15) is 0 Å². The summed E-state index contributed by atoms with van der Waals surface area (Å²) < 4.78 is 0. The zero-order chi connectivity index (χ0) is 13.5. The number of rotatable bonds is 6. The number of hydrogen-bond donors (Lipinski definition) is 2. The van der Waals surface area contributed by atoms with Crippen LogP contribution < -0.4 is 10.6 Å². The Bertz CT molecular complexity index is 390. The Balaban J connectivity index is 2.64. The highest BCUT2D eigenvalue weighted by atomic mass is 16.1. The maximum absolute atomic E-state index is 11.8. The Labute approximate surface area is 110 Å². The smallest absolute Gasteiger partial charge is 0.224 e. The van der Waals surface area contributed by atoms with E-state index in [1.807, 2.05) is 25.2 Å². The second-order valence-corrected chi connectivity index (χ2v) is 4.90. The Hall–Kier alpha value is -1.35. The van der Waals surface area contributed by atoms with E-state index in [9.17, 15) is 4.79 Å². The molecule has 0 aromatic heterocycles. The number of nitrogens with one attached hydrogen (secondary N) is 2. The third-order valence-corrected chi connectivity index (χ3v) is 3.33. The van der Waals surface area contributed by atoms with Crippen molar-refractivity contribution in [3.05, 3.63) is 29.8 Å². The largest absolute Gasteiger partial charge is 0.326 e. The molecule has 3 heteroatoms. The highest BCUT2D eigenvalue weighted by Crippen LogP contribution is 2.17. The van der Waals surface area contributed by atoms with Crippen LogP contribution in [0.1, 0.15) is 45.2 Å². The highest BCUT2D eigenvalue weighted by Gasteiger charge is 2.08. The van der Waals surface area contributed by atoms with Crippen LogP contribution in [0.5, 0.6) is 0 Å². The number of carbonyl (C=O) groups excluding carboxylic acids is 1. The molecule has 0 fully saturated rings. The molecule has 0 radical (unpaired) electrons. The fraction of sp³-hybridized carbons (Fsp3) is 0.533. The lowest BCUT2D eigenvalue weighted by Gasteiger charge is -2.13. The summed E-state index contributed by atoms with van der Waals surface area (Å²) in [6, 6.07) is 8.28. The summed E-state index contributed by atoms with van der Waals surface area (Å²) in [4.78, 5) is 11.8. The van der Waals surface area contributed by atoms with Crippen LogP contribution in [-0.2, 0) is 4.79 Å². The van der Waals surface area contributed by atoms with Gasteiger partial charge >= 0.3 is 0 Å². The minimum atomic E-state index is 0.0959. The van der Waals surface area contributed by atoms with Crippen LogP contribution in [-0.4, -0.2) is 13.0 Å². The van der Waals surface area contributed by atoms with E-state index in [0.29, 0.717) is 12.3 Å². The Morgan fingerprint density at radius 2 is 2.06 bits per heavy atom. The van der Waals surface area contributed by atoms with Crippen LogP contribution in [0.4, 0.5) is 5.69 Å². The quantitative estimate of drug-likeness (QED) is 0.810. The van der Waals surface area contributed by atoms with Crippen LogP contribution in [0, 0.1) is 5.92 Å². The summed E-state index contributed by atoms with van der Waals surface area (Å²) in [5, 5.41) is 6.15. The molecule has 0 aliphatic rings. The molecular formula is C15H24N2O. The molecule has 0 heterocycles. The molecule has 1 aromatic carbocycles. The van der Waals surface area contributed by atoms with E-state index in [-0.39, 0.29) is 11.9 Å². The van der Waals surface area contributed by atoms with Gasteiger partial charge in [-0.1, -0.05) is 32.4 Å². The first-order valence-corrected chi connectivity index (χ1v) is 6.63. The van der Waals surface area contributed by atoms with Gasteiger partial charge in [0.15, 0.2) is 0 Å². The molecule has 2 N–H and O–H groups in total. The number of anilines is 1. The standard InChI is InChI=1S/C15H24N2O/c1-5-11(2)9-15(18)17-14-8-6-7-13(10-14)12(3)16-4/h6-8,10-12,16H,5,9H2,1-4H3,(H,17,18). The van der Waals surface area contributed by atoms with Crippen LogP contribution in [0.3, 0.4) is 0 Å². The average molecular weight is 248 g/mol. The van der Waals surface area contributed by atoms with Gasteiger partial charge in [0.05, 0.1) is 0 Å². The predicted octanol–water partition coefficient (Wildman–Crippen LogP) is 3.34. The molecular weight excluding hydrogens is 224 g/mol. The molecule has 2 atom stereocenters. The van der Waals surface area contributed by atoms with Crippen molar-refractivity contribution in [3.8, 4) is 0 Å². The van der Waals surface area contributed by atoms with Crippen molar-refractivity contribution in [2.75, 3.05) is 12.4 Å². The van der Waals surface area contributed by atoms with E-state index in [2.05, 4.69) is 37.5 Å². The maximum atomic E-state index is 11.8. The topological polar surface area (TPSA) is 41.1 Å². The molecule has 0 saturated carbocycles. The van der Waals surface area contributed by atoms with Crippen LogP contribution >= 0.6 is 0 Å².